The molecule has 0 aromatic heterocycles. The van der Waals surface area contributed by atoms with Crippen LogP contribution in [0.4, 0.5) is 4.79 Å². The summed E-state index contributed by atoms with van der Waals surface area (Å²) >= 11 is 0. The predicted octanol–water partition coefficient (Wildman–Crippen LogP) is 4.17. The maximum absolute atomic E-state index is 12.6. The Morgan fingerprint density at radius 1 is 1.10 bits per heavy atom. The zero-order chi connectivity index (χ0) is 22.6. The lowest BCUT2D eigenvalue weighted by molar-refractivity contribution is -0.0435. The lowest BCUT2D eigenvalue weighted by Gasteiger charge is -2.35. The molecule has 2 saturated heterocycles. The molecule has 1 unspecified atom stereocenters. The van der Waals surface area contributed by atoms with Crippen molar-refractivity contribution >= 4 is 18.7 Å². The zero-order valence-corrected chi connectivity index (χ0v) is 20.0. The molecule has 0 spiro atoms. The maximum atomic E-state index is 12.6. The van der Waals surface area contributed by atoms with Gasteiger partial charge in [0.25, 0.3) is 0 Å². The van der Waals surface area contributed by atoms with Crippen LogP contribution in [0.3, 0.4) is 0 Å². The van der Waals surface area contributed by atoms with E-state index in [4.69, 9.17) is 18.8 Å². The van der Waals surface area contributed by atoms with E-state index in [1.165, 1.54) is 18.4 Å². The van der Waals surface area contributed by atoms with Crippen molar-refractivity contribution in [3.05, 3.63) is 29.3 Å². The molecule has 3 fully saturated rings. The molecule has 1 aliphatic carbocycles. The molecule has 2 aliphatic heterocycles. The highest BCUT2D eigenvalue weighted by molar-refractivity contribution is 6.62. The highest BCUT2D eigenvalue weighted by atomic mass is 16.7. The minimum Gasteiger partial charge on any atom is -0.444 e. The fraction of sp³-hybridized carbons (Fsp3) is 0.708. The molecule has 0 N–H and O–H groups in total. The molecule has 0 bridgehead atoms. The molecule has 1 atom stereocenters. The lowest BCUT2D eigenvalue weighted by Crippen LogP contribution is -2.45. The highest BCUT2D eigenvalue weighted by Gasteiger charge is 2.52. The Morgan fingerprint density at radius 2 is 1.74 bits per heavy atom. The maximum Gasteiger partial charge on any atom is 0.494 e. The molecule has 7 heteroatoms. The van der Waals surface area contributed by atoms with Gasteiger partial charge in [0.05, 0.1) is 24.4 Å². The third-order valence-corrected chi connectivity index (χ3v) is 6.72. The third kappa shape index (κ3) is 4.79. The Balaban J connectivity index is 1.58. The van der Waals surface area contributed by atoms with Crippen LogP contribution in [0.1, 0.15) is 84.5 Å². The first-order valence-corrected chi connectivity index (χ1v) is 11.5. The van der Waals surface area contributed by atoms with Crippen LogP contribution in [0, 0.1) is 0 Å². The number of carbonyl (C=O) groups is 1. The zero-order valence-electron chi connectivity index (χ0n) is 20.0. The van der Waals surface area contributed by atoms with Crippen molar-refractivity contribution in [2.45, 2.75) is 90.1 Å². The van der Waals surface area contributed by atoms with E-state index < -0.39 is 12.7 Å². The number of carbonyl (C=O) groups excluding carboxylic acids is 1. The topological polar surface area (TPSA) is 57.2 Å². The molecule has 1 aromatic carbocycles. The lowest BCUT2D eigenvalue weighted by atomic mass is 9.76. The molecular weight excluding hydrogens is 393 g/mol. The first-order chi connectivity index (χ1) is 14.4. The van der Waals surface area contributed by atoms with Gasteiger partial charge in [-0.15, -0.1) is 0 Å². The van der Waals surface area contributed by atoms with Gasteiger partial charge in [-0.1, -0.05) is 18.2 Å². The molecule has 4 rings (SSSR count). The van der Waals surface area contributed by atoms with Gasteiger partial charge in [-0.05, 0) is 83.8 Å². The first-order valence-electron chi connectivity index (χ1n) is 11.5. The summed E-state index contributed by atoms with van der Waals surface area (Å²) in [6.07, 6.45) is 1.94. The first kappa shape index (κ1) is 22.6. The molecule has 6 nitrogen and oxygen atoms in total. The second kappa shape index (κ2) is 7.78. The molecule has 1 aromatic rings. The van der Waals surface area contributed by atoms with E-state index in [2.05, 4.69) is 45.9 Å². The fourth-order valence-corrected chi connectivity index (χ4v) is 4.09. The van der Waals surface area contributed by atoms with Crippen molar-refractivity contribution < 1.29 is 23.6 Å². The Hall–Kier alpha value is -1.57. The number of morpholine rings is 1. The monoisotopic (exact) mass is 429 g/mol. The Kier molecular flexibility index (Phi) is 5.68. The number of nitrogens with zero attached hydrogens (tertiary/aromatic N) is 1. The summed E-state index contributed by atoms with van der Waals surface area (Å²) < 4.78 is 24.3. The summed E-state index contributed by atoms with van der Waals surface area (Å²) in [5.74, 6) is 0.572. The van der Waals surface area contributed by atoms with Crippen molar-refractivity contribution in [1.82, 2.24) is 4.90 Å². The summed E-state index contributed by atoms with van der Waals surface area (Å²) in [4.78, 5) is 14.4. The number of rotatable bonds is 3. The minimum absolute atomic E-state index is 0.181. The van der Waals surface area contributed by atoms with Gasteiger partial charge in [-0.25, -0.2) is 4.79 Å². The number of amides is 1. The molecule has 1 saturated carbocycles. The standard InChI is InChI=1S/C24H36BNO5/c1-22(2,3)29-21(27)26-12-13-28-20(15-26)19-14-17(10-11-18(19)16-8-9-16)25-30-23(4,5)24(6,7)31-25/h10-11,14,16,20H,8-9,12-13,15H2,1-7H3. The highest BCUT2D eigenvalue weighted by Crippen LogP contribution is 2.44. The van der Waals surface area contributed by atoms with Gasteiger partial charge in [0.15, 0.2) is 0 Å². The summed E-state index contributed by atoms with van der Waals surface area (Å²) in [5, 5.41) is 0. The second-order valence-electron chi connectivity index (χ2n) is 11.0. The molecule has 1 amide bonds. The van der Waals surface area contributed by atoms with Gasteiger partial charge in [-0.2, -0.15) is 0 Å². The van der Waals surface area contributed by atoms with Crippen molar-refractivity contribution in [2.75, 3.05) is 19.7 Å². The SMILES string of the molecule is CC(C)(C)OC(=O)N1CCOC(c2cc(B3OC(C)(C)C(C)(C)O3)ccc2C2CC2)C1. The summed E-state index contributed by atoms with van der Waals surface area (Å²) in [6.45, 7) is 15.5. The van der Waals surface area contributed by atoms with Crippen LogP contribution in [0.25, 0.3) is 0 Å². The minimum atomic E-state index is -0.513. The van der Waals surface area contributed by atoms with Gasteiger partial charge in [0.1, 0.15) is 11.7 Å². The normalized spacial score (nSPS) is 25.6. The molecule has 0 radical (unpaired) electrons. The number of benzene rings is 1. The van der Waals surface area contributed by atoms with Gasteiger partial charge < -0.3 is 23.7 Å². The van der Waals surface area contributed by atoms with Crippen LogP contribution in [-0.4, -0.2) is 54.6 Å². The molecule has 31 heavy (non-hydrogen) atoms. The van der Waals surface area contributed by atoms with Crippen LogP contribution >= 0.6 is 0 Å². The quantitative estimate of drug-likeness (QED) is 0.675. The van der Waals surface area contributed by atoms with Crippen LogP contribution in [0.15, 0.2) is 18.2 Å². The smallest absolute Gasteiger partial charge is 0.444 e. The van der Waals surface area contributed by atoms with E-state index in [-0.39, 0.29) is 23.4 Å². The Morgan fingerprint density at radius 3 is 2.32 bits per heavy atom. The number of hydrogen-bond donors (Lipinski definition) is 0. The average molecular weight is 429 g/mol. The van der Waals surface area contributed by atoms with Gasteiger partial charge in [0.2, 0.25) is 0 Å². The largest absolute Gasteiger partial charge is 0.494 e. The Labute approximate surface area is 186 Å². The van der Waals surface area contributed by atoms with E-state index in [0.29, 0.717) is 25.6 Å². The van der Waals surface area contributed by atoms with Crippen LogP contribution in [0.5, 0.6) is 0 Å². The van der Waals surface area contributed by atoms with E-state index in [1.807, 2.05) is 20.8 Å². The van der Waals surface area contributed by atoms with E-state index in [1.54, 1.807) is 4.90 Å². The van der Waals surface area contributed by atoms with Gasteiger partial charge in [0, 0.05) is 6.54 Å². The number of hydrogen-bond acceptors (Lipinski definition) is 5. The fourth-order valence-electron chi connectivity index (χ4n) is 4.09. The summed E-state index contributed by atoms with van der Waals surface area (Å²) in [7, 11) is -0.414. The Bertz CT molecular complexity index is 827. The average Bonchev–Trinajstić information content (AvgIpc) is 3.47. The van der Waals surface area contributed by atoms with Crippen molar-refractivity contribution in [1.29, 1.82) is 0 Å². The van der Waals surface area contributed by atoms with Crippen molar-refractivity contribution in [3.8, 4) is 0 Å². The van der Waals surface area contributed by atoms with Gasteiger partial charge >= 0.3 is 13.2 Å². The van der Waals surface area contributed by atoms with E-state index >= 15 is 0 Å². The van der Waals surface area contributed by atoms with Crippen LogP contribution < -0.4 is 5.46 Å². The van der Waals surface area contributed by atoms with Crippen LogP contribution in [-0.2, 0) is 18.8 Å². The van der Waals surface area contributed by atoms with E-state index in [0.717, 1.165) is 11.0 Å². The van der Waals surface area contributed by atoms with Crippen molar-refractivity contribution in [3.63, 3.8) is 0 Å². The number of ether oxygens (including phenoxy) is 2. The molecular formula is C24H36BNO5. The van der Waals surface area contributed by atoms with Crippen molar-refractivity contribution in [2.24, 2.45) is 0 Å². The predicted molar refractivity (Wildman–Crippen MR) is 121 cm³/mol. The molecule has 170 valence electrons. The summed E-state index contributed by atoms with van der Waals surface area (Å²) in [6, 6.07) is 6.48. The molecule has 2 heterocycles. The molecule has 3 aliphatic rings. The van der Waals surface area contributed by atoms with E-state index in [9.17, 15) is 4.79 Å². The summed E-state index contributed by atoms with van der Waals surface area (Å²) in [5.41, 5.74) is 2.17. The second-order valence-corrected chi connectivity index (χ2v) is 11.0. The van der Waals surface area contributed by atoms with Gasteiger partial charge in [-0.3, -0.25) is 0 Å². The van der Waals surface area contributed by atoms with Crippen LogP contribution in [0.2, 0.25) is 0 Å². The third-order valence-electron chi connectivity index (χ3n) is 6.72.